The van der Waals surface area contributed by atoms with Crippen LogP contribution in [-0.2, 0) is 16.1 Å². The van der Waals surface area contributed by atoms with E-state index in [1.807, 2.05) is 50.2 Å². The van der Waals surface area contributed by atoms with E-state index in [4.69, 9.17) is 14.2 Å². The Hall–Kier alpha value is -4.26. The van der Waals surface area contributed by atoms with E-state index in [-0.39, 0.29) is 18.4 Å². The quantitative estimate of drug-likeness (QED) is 0.468. The van der Waals surface area contributed by atoms with Gasteiger partial charge in [0, 0.05) is 11.8 Å². The molecule has 1 aliphatic heterocycles. The second-order valence-corrected chi connectivity index (χ2v) is 8.10. The second kappa shape index (κ2) is 10.8. The van der Waals surface area contributed by atoms with Gasteiger partial charge in [-0.25, -0.2) is 0 Å². The average Bonchev–Trinajstić information content (AvgIpc) is 2.86. The highest BCUT2D eigenvalue weighted by Gasteiger charge is 2.26. The molecule has 180 valence electrons. The maximum absolute atomic E-state index is 12.6. The van der Waals surface area contributed by atoms with Crippen LogP contribution >= 0.6 is 0 Å². The van der Waals surface area contributed by atoms with Crippen LogP contribution in [0.25, 0.3) is 6.08 Å². The standard InChI is InChI=1S/C28H28N2O5/c1-4-34-25-12-9-20(15-26(25)33-3)10-14-27(31)29-22-11-13-24-23(16-22)30(28(32)18-35-24)17-21-7-5-19(2)6-8-21/h5-16H,4,17-18H2,1-3H3,(H,29,31)/b14-10+. The molecule has 35 heavy (non-hydrogen) atoms. The van der Waals surface area contributed by atoms with Gasteiger partial charge in [-0.05, 0) is 61.4 Å². The lowest BCUT2D eigenvalue weighted by Crippen LogP contribution is -2.38. The molecular formula is C28H28N2O5. The fraction of sp³-hybridized carbons (Fsp3) is 0.214. The van der Waals surface area contributed by atoms with Crippen molar-refractivity contribution in [1.82, 2.24) is 0 Å². The van der Waals surface area contributed by atoms with E-state index in [1.54, 1.807) is 42.4 Å². The van der Waals surface area contributed by atoms with E-state index in [1.165, 1.54) is 6.08 Å². The van der Waals surface area contributed by atoms with Gasteiger partial charge in [0.05, 0.1) is 25.9 Å². The number of hydrogen-bond acceptors (Lipinski definition) is 5. The number of fused-ring (bicyclic) bond motifs is 1. The van der Waals surface area contributed by atoms with Crippen molar-refractivity contribution < 1.29 is 23.8 Å². The zero-order valence-corrected chi connectivity index (χ0v) is 20.0. The monoisotopic (exact) mass is 472 g/mol. The Morgan fingerprint density at radius 2 is 1.89 bits per heavy atom. The van der Waals surface area contributed by atoms with E-state index in [9.17, 15) is 9.59 Å². The molecule has 3 aromatic rings. The molecule has 4 rings (SSSR count). The molecule has 0 atom stereocenters. The van der Waals surface area contributed by atoms with Crippen molar-refractivity contribution in [2.24, 2.45) is 0 Å². The third-order valence-electron chi connectivity index (χ3n) is 5.55. The van der Waals surface area contributed by atoms with Crippen LogP contribution in [0.15, 0.2) is 66.7 Å². The summed E-state index contributed by atoms with van der Waals surface area (Å²) in [6, 6.07) is 18.8. The van der Waals surface area contributed by atoms with Crippen molar-refractivity contribution in [3.63, 3.8) is 0 Å². The Morgan fingerprint density at radius 1 is 1.09 bits per heavy atom. The third-order valence-corrected chi connectivity index (χ3v) is 5.55. The smallest absolute Gasteiger partial charge is 0.265 e. The third kappa shape index (κ3) is 5.81. The van der Waals surface area contributed by atoms with Gasteiger partial charge in [0.1, 0.15) is 5.75 Å². The van der Waals surface area contributed by atoms with Gasteiger partial charge in [0.25, 0.3) is 5.91 Å². The first-order valence-corrected chi connectivity index (χ1v) is 11.4. The van der Waals surface area contributed by atoms with Gasteiger partial charge in [-0.1, -0.05) is 35.9 Å². The summed E-state index contributed by atoms with van der Waals surface area (Å²) in [5.74, 6) is 1.42. The van der Waals surface area contributed by atoms with Crippen LogP contribution in [0, 0.1) is 6.92 Å². The number of nitrogens with one attached hydrogen (secondary N) is 1. The van der Waals surface area contributed by atoms with Gasteiger partial charge < -0.3 is 24.4 Å². The maximum Gasteiger partial charge on any atom is 0.265 e. The fourth-order valence-corrected chi connectivity index (χ4v) is 3.75. The first kappa shape index (κ1) is 23.9. The highest BCUT2D eigenvalue weighted by molar-refractivity contribution is 6.03. The van der Waals surface area contributed by atoms with Gasteiger partial charge in [0.15, 0.2) is 18.1 Å². The maximum atomic E-state index is 12.6. The Morgan fingerprint density at radius 3 is 2.63 bits per heavy atom. The van der Waals surface area contributed by atoms with E-state index in [2.05, 4.69) is 5.32 Å². The number of carbonyl (C=O) groups is 2. The topological polar surface area (TPSA) is 77.1 Å². The van der Waals surface area contributed by atoms with Gasteiger partial charge in [-0.2, -0.15) is 0 Å². The normalized spacial score (nSPS) is 12.8. The Bertz CT molecular complexity index is 1250. The Balaban J connectivity index is 1.48. The van der Waals surface area contributed by atoms with Crippen LogP contribution in [-0.4, -0.2) is 32.1 Å². The van der Waals surface area contributed by atoms with Crippen molar-refractivity contribution in [2.75, 3.05) is 30.5 Å². The summed E-state index contributed by atoms with van der Waals surface area (Å²) in [5, 5.41) is 2.85. The predicted molar refractivity (Wildman–Crippen MR) is 136 cm³/mol. The van der Waals surface area contributed by atoms with Gasteiger partial charge in [-0.15, -0.1) is 0 Å². The number of hydrogen-bond donors (Lipinski definition) is 1. The van der Waals surface area contributed by atoms with Crippen LogP contribution in [0.3, 0.4) is 0 Å². The van der Waals surface area contributed by atoms with Crippen LogP contribution < -0.4 is 24.4 Å². The molecule has 1 aliphatic rings. The molecule has 1 heterocycles. The molecule has 0 radical (unpaired) electrons. The highest BCUT2D eigenvalue weighted by atomic mass is 16.5. The van der Waals surface area contributed by atoms with Crippen LogP contribution in [0.1, 0.15) is 23.6 Å². The SMILES string of the molecule is CCOc1ccc(/C=C/C(=O)Nc2ccc3c(c2)N(Cc2ccc(C)cc2)C(=O)CO3)cc1OC. The molecule has 0 bridgehead atoms. The molecule has 3 aromatic carbocycles. The number of benzene rings is 3. The molecule has 7 nitrogen and oxygen atoms in total. The predicted octanol–water partition coefficient (Wildman–Crippen LogP) is 4.98. The number of carbonyl (C=O) groups excluding carboxylic acids is 2. The van der Waals surface area contributed by atoms with Gasteiger partial charge in [0.2, 0.25) is 5.91 Å². The van der Waals surface area contributed by atoms with E-state index >= 15 is 0 Å². The van der Waals surface area contributed by atoms with Crippen molar-refractivity contribution in [3.8, 4) is 17.2 Å². The number of aryl methyl sites for hydroxylation is 1. The number of methoxy groups -OCH3 is 1. The first-order valence-electron chi connectivity index (χ1n) is 11.4. The lowest BCUT2D eigenvalue weighted by atomic mass is 10.1. The molecule has 0 fully saturated rings. The summed E-state index contributed by atoms with van der Waals surface area (Å²) < 4.78 is 16.5. The average molecular weight is 473 g/mol. The van der Waals surface area contributed by atoms with E-state index < -0.39 is 0 Å². The van der Waals surface area contributed by atoms with Crippen molar-refractivity contribution in [2.45, 2.75) is 20.4 Å². The van der Waals surface area contributed by atoms with Crippen molar-refractivity contribution in [3.05, 3.63) is 83.4 Å². The fourth-order valence-electron chi connectivity index (χ4n) is 3.75. The molecule has 0 aliphatic carbocycles. The van der Waals surface area contributed by atoms with Crippen LogP contribution in [0.4, 0.5) is 11.4 Å². The summed E-state index contributed by atoms with van der Waals surface area (Å²) in [6.45, 7) is 4.87. The summed E-state index contributed by atoms with van der Waals surface area (Å²) >= 11 is 0. The molecule has 7 heteroatoms. The van der Waals surface area contributed by atoms with Crippen molar-refractivity contribution in [1.29, 1.82) is 0 Å². The zero-order chi connectivity index (χ0) is 24.8. The molecule has 0 saturated heterocycles. The first-order chi connectivity index (χ1) is 17.0. The van der Waals surface area contributed by atoms with Gasteiger partial charge >= 0.3 is 0 Å². The number of rotatable bonds is 8. The van der Waals surface area contributed by atoms with Crippen molar-refractivity contribution >= 4 is 29.3 Å². The lowest BCUT2D eigenvalue weighted by molar-refractivity contribution is -0.121. The lowest BCUT2D eigenvalue weighted by Gasteiger charge is -2.30. The molecular weight excluding hydrogens is 444 g/mol. The molecule has 2 amide bonds. The second-order valence-electron chi connectivity index (χ2n) is 8.10. The summed E-state index contributed by atoms with van der Waals surface area (Å²) in [4.78, 5) is 26.9. The largest absolute Gasteiger partial charge is 0.493 e. The number of amides is 2. The minimum absolute atomic E-state index is 0.0150. The number of nitrogens with zero attached hydrogens (tertiary/aromatic N) is 1. The molecule has 1 N–H and O–H groups in total. The van der Waals surface area contributed by atoms with Gasteiger partial charge in [-0.3, -0.25) is 9.59 Å². The summed E-state index contributed by atoms with van der Waals surface area (Å²) in [5.41, 5.74) is 4.16. The zero-order valence-electron chi connectivity index (χ0n) is 20.0. The minimum atomic E-state index is -0.300. The minimum Gasteiger partial charge on any atom is -0.493 e. The molecule has 0 saturated carbocycles. The summed E-state index contributed by atoms with van der Waals surface area (Å²) in [6.07, 6.45) is 3.14. The van der Waals surface area contributed by atoms with E-state index in [0.717, 1.165) is 16.7 Å². The Labute approximate surface area is 204 Å². The molecule has 0 spiro atoms. The number of anilines is 2. The summed E-state index contributed by atoms with van der Waals surface area (Å²) in [7, 11) is 1.57. The Kier molecular flexibility index (Phi) is 7.35. The number of ether oxygens (including phenoxy) is 3. The van der Waals surface area contributed by atoms with Crippen LogP contribution in [0.2, 0.25) is 0 Å². The van der Waals surface area contributed by atoms with Crippen LogP contribution in [0.5, 0.6) is 17.2 Å². The van der Waals surface area contributed by atoms with E-state index in [0.29, 0.717) is 41.8 Å². The highest BCUT2D eigenvalue weighted by Crippen LogP contribution is 2.35. The molecule has 0 unspecified atom stereocenters. The molecule has 0 aromatic heterocycles.